The van der Waals surface area contributed by atoms with Gasteiger partial charge >= 0.3 is 0 Å². The molecule has 0 saturated heterocycles. The molecule has 136 valence electrons. The molecule has 0 aliphatic rings. The molecule has 0 saturated carbocycles. The summed E-state index contributed by atoms with van der Waals surface area (Å²) >= 11 is 0. The molecule has 0 fully saturated rings. The Labute approximate surface area is 156 Å². The second kappa shape index (κ2) is 6.32. The maximum atomic E-state index is 6.15. The minimum Gasteiger partial charge on any atom is -0.497 e. The number of aryl methyl sites for hydroxylation is 2. The van der Waals surface area contributed by atoms with Crippen molar-refractivity contribution in [2.45, 2.75) is 13.8 Å². The van der Waals surface area contributed by atoms with E-state index in [2.05, 4.69) is 22.8 Å². The zero-order valence-electron chi connectivity index (χ0n) is 15.4. The molecule has 0 amide bonds. The number of hydrogen-bond donors (Lipinski definition) is 1. The fraction of sp³-hybridized carbons (Fsp3) is 0.143. The van der Waals surface area contributed by atoms with Gasteiger partial charge in [-0.2, -0.15) is 4.98 Å². The maximum absolute atomic E-state index is 6.15. The SMILES string of the molecule is C=C(OC)c1ccc(-c2noc(-c3cc4c(C)ccc(C)c4o3)n2)c(N)c1. The standard InChI is InChI=1S/C21H19N3O3/c1-11-5-6-12(2)19-16(11)10-18(26-19)21-23-20(24-27-21)15-8-7-14(9-17(15)22)13(3)25-4/h5-10H,3,22H2,1-2,4H3. The van der Waals surface area contributed by atoms with Crippen LogP contribution in [0.3, 0.4) is 0 Å². The maximum Gasteiger partial charge on any atom is 0.293 e. The van der Waals surface area contributed by atoms with E-state index < -0.39 is 0 Å². The number of hydrogen-bond acceptors (Lipinski definition) is 6. The molecule has 0 unspecified atom stereocenters. The van der Waals surface area contributed by atoms with Gasteiger partial charge in [-0.25, -0.2) is 0 Å². The van der Waals surface area contributed by atoms with Crippen LogP contribution < -0.4 is 5.73 Å². The lowest BCUT2D eigenvalue weighted by Gasteiger charge is -2.07. The lowest BCUT2D eigenvalue weighted by atomic mass is 10.1. The van der Waals surface area contributed by atoms with Crippen molar-refractivity contribution in [1.29, 1.82) is 0 Å². The van der Waals surface area contributed by atoms with Crippen LogP contribution in [0.1, 0.15) is 16.7 Å². The topological polar surface area (TPSA) is 87.3 Å². The molecule has 2 heterocycles. The number of ether oxygens (including phenoxy) is 1. The van der Waals surface area contributed by atoms with Gasteiger partial charge in [-0.05, 0) is 43.2 Å². The number of nitrogens with two attached hydrogens (primary N) is 1. The molecule has 0 aliphatic carbocycles. The van der Waals surface area contributed by atoms with Gasteiger partial charge in [0.2, 0.25) is 5.82 Å². The van der Waals surface area contributed by atoms with Gasteiger partial charge in [0, 0.05) is 22.2 Å². The molecule has 2 aromatic carbocycles. The summed E-state index contributed by atoms with van der Waals surface area (Å²) in [5, 5.41) is 5.09. The zero-order chi connectivity index (χ0) is 19.1. The number of methoxy groups -OCH3 is 1. The van der Waals surface area contributed by atoms with Crippen molar-refractivity contribution < 1.29 is 13.7 Å². The molecule has 6 heteroatoms. The average molecular weight is 361 g/mol. The van der Waals surface area contributed by atoms with Crippen molar-refractivity contribution >= 4 is 22.4 Å². The number of nitrogens with zero attached hydrogens (tertiary/aromatic N) is 2. The number of nitrogen functional groups attached to an aromatic ring is 1. The van der Waals surface area contributed by atoms with E-state index in [1.54, 1.807) is 13.2 Å². The number of furan rings is 1. The van der Waals surface area contributed by atoms with Gasteiger partial charge < -0.3 is 19.4 Å². The summed E-state index contributed by atoms with van der Waals surface area (Å²) in [6.07, 6.45) is 0. The van der Waals surface area contributed by atoms with Crippen LogP contribution in [0.15, 0.2) is 51.9 Å². The minimum absolute atomic E-state index is 0.310. The van der Waals surface area contributed by atoms with Crippen molar-refractivity contribution in [2.24, 2.45) is 0 Å². The van der Waals surface area contributed by atoms with E-state index in [0.717, 1.165) is 27.7 Å². The molecule has 4 aromatic rings. The van der Waals surface area contributed by atoms with Crippen molar-refractivity contribution in [3.05, 3.63) is 59.7 Å². The zero-order valence-corrected chi connectivity index (χ0v) is 15.4. The van der Waals surface area contributed by atoms with Crippen LogP contribution in [0.25, 0.3) is 39.8 Å². The van der Waals surface area contributed by atoms with E-state index in [4.69, 9.17) is 19.4 Å². The predicted octanol–water partition coefficient (Wildman–Crippen LogP) is 4.97. The summed E-state index contributed by atoms with van der Waals surface area (Å²) in [6.45, 7) is 7.87. The second-order valence-corrected chi connectivity index (χ2v) is 6.41. The summed E-state index contributed by atoms with van der Waals surface area (Å²) in [6, 6.07) is 11.4. The third kappa shape index (κ3) is 2.85. The lowest BCUT2D eigenvalue weighted by Crippen LogP contribution is -1.94. The third-order valence-electron chi connectivity index (χ3n) is 4.60. The highest BCUT2D eigenvalue weighted by atomic mass is 16.5. The van der Waals surface area contributed by atoms with Crippen molar-refractivity contribution in [2.75, 3.05) is 12.8 Å². The molecule has 0 atom stereocenters. The summed E-state index contributed by atoms with van der Waals surface area (Å²) < 4.78 is 16.5. The molecular formula is C21H19N3O3. The Morgan fingerprint density at radius 1 is 1.11 bits per heavy atom. The van der Waals surface area contributed by atoms with E-state index in [-0.39, 0.29) is 0 Å². The van der Waals surface area contributed by atoms with Crippen molar-refractivity contribution in [1.82, 2.24) is 10.1 Å². The first kappa shape index (κ1) is 16.9. The van der Waals surface area contributed by atoms with Gasteiger partial charge in [-0.15, -0.1) is 0 Å². The number of benzene rings is 2. The predicted molar refractivity (Wildman–Crippen MR) is 105 cm³/mol. The quantitative estimate of drug-likeness (QED) is 0.408. The van der Waals surface area contributed by atoms with Gasteiger partial charge in [0.15, 0.2) is 5.76 Å². The molecule has 0 spiro atoms. The van der Waals surface area contributed by atoms with Gasteiger partial charge in [-0.3, -0.25) is 0 Å². The summed E-state index contributed by atoms with van der Waals surface area (Å²) in [5.74, 6) is 1.77. The third-order valence-corrected chi connectivity index (χ3v) is 4.60. The first-order valence-electron chi connectivity index (χ1n) is 8.45. The Morgan fingerprint density at radius 3 is 2.59 bits per heavy atom. The number of fused-ring (bicyclic) bond motifs is 1. The first-order chi connectivity index (χ1) is 13.0. The van der Waals surface area contributed by atoms with Crippen LogP contribution in [0.5, 0.6) is 0 Å². The molecule has 0 radical (unpaired) electrons. The van der Waals surface area contributed by atoms with E-state index >= 15 is 0 Å². The number of rotatable bonds is 4. The van der Waals surface area contributed by atoms with Crippen LogP contribution in [0.4, 0.5) is 5.69 Å². The highest BCUT2D eigenvalue weighted by molar-refractivity contribution is 5.87. The second-order valence-electron chi connectivity index (χ2n) is 6.41. The Hall–Kier alpha value is -3.54. The van der Waals surface area contributed by atoms with Gasteiger partial charge in [0.25, 0.3) is 5.89 Å². The Balaban J connectivity index is 1.73. The van der Waals surface area contributed by atoms with Crippen LogP contribution in [0.2, 0.25) is 0 Å². The molecule has 27 heavy (non-hydrogen) atoms. The van der Waals surface area contributed by atoms with E-state index in [9.17, 15) is 0 Å². The monoisotopic (exact) mass is 361 g/mol. The molecule has 6 nitrogen and oxygen atoms in total. The fourth-order valence-electron chi connectivity index (χ4n) is 2.99. The van der Waals surface area contributed by atoms with Crippen LogP contribution in [-0.2, 0) is 4.74 Å². The van der Waals surface area contributed by atoms with Gasteiger partial charge in [0.05, 0.1) is 7.11 Å². The average Bonchev–Trinajstić information content (AvgIpc) is 3.31. The smallest absolute Gasteiger partial charge is 0.293 e. The van der Waals surface area contributed by atoms with Crippen LogP contribution in [-0.4, -0.2) is 17.3 Å². The van der Waals surface area contributed by atoms with Crippen molar-refractivity contribution in [3.63, 3.8) is 0 Å². The fourth-order valence-corrected chi connectivity index (χ4v) is 2.99. The van der Waals surface area contributed by atoms with Crippen molar-refractivity contribution in [3.8, 4) is 23.0 Å². The molecule has 2 N–H and O–H groups in total. The van der Waals surface area contributed by atoms with E-state index in [1.165, 1.54) is 0 Å². The highest BCUT2D eigenvalue weighted by Gasteiger charge is 2.18. The van der Waals surface area contributed by atoms with Gasteiger partial charge in [-0.1, -0.05) is 29.9 Å². The Morgan fingerprint density at radius 2 is 1.89 bits per heavy atom. The first-order valence-corrected chi connectivity index (χ1v) is 8.45. The molecule has 2 aromatic heterocycles. The Kier molecular flexibility index (Phi) is 3.96. The summed E-state index contributed by atoms with van der Waals surface area (Å²) in [7, 11) is 1.56. The number of anilines is 1. The normalized spacial score (nSPS) is 11.1. The minimum atomic E-state index is 0.310. The van der Waals surface area contributed by atoms with Crippen LogP contribution in [0, 0.1) is 13.8 Å². The van der Waals surface area contributed by atoms with E-state index in [1.807, 2.05) is 38.1 Å². The summed E-state index contributed by atoms with van der Waals surface area (Å²) in [5.41, 5.74) is 11.1. The molecule has 0 bridgehead atoms. The largest absolute Gasteiger partial charge is 0.497 e. The molecule has 4 rings (SSSR count). The summed E-state index contributed by atoms with van der Waals surface area (Å²) in [4.78, 5) is 4.46. The highest BCUT2D eigenvalue weighted by Crippen LogP contribution is 2.33. The molecule has 0 aliphatic heterocycles. The lowest BCUT2D eigenvalue weighted by molar-refractivity contribution is 0.371. The number of aromatic nitrogens is 2. The van der Waals surface area contributed by atoms with Crippen LogP contribution >= 0.6 is 0 Å². The van der Waals surface area contributed by atoms with E-state index in [0.29, 0.717) is 34.5 Å². The molecular weight excluding hydrogens is 342 g/mol. The Bertz CT molecular complexity index is 1130. The van der Waals surface area contributed by atoms with Gasteiger partial charge in [0.1, 0.15) is 11.3 Å².